The molecule has 98 valence electrons. The first-order valence-electron chi connectivity index (χ1n) is 5.87. The second kappa shape index (κ2) is 6.91. The van der Waals surface area contributed by atoms with Gasteiger partial charge in [-0.05, 0) is 31.0 Å². The van der Waals surface area contributed by atoms with Crippen LogP contribution in [0.5, 0.6) is 0 Å². The minimum atomic E-state index is -0.668. The lowest BCUT2D eigenvalue weighted by Crippen LogP contribution is -2.30. The fourth-order valence-electron chi connectivity index (χ4n) is 1.55. The monoisotopic (exact) mass is 251 g/mol. The van der Waals surface area contributed by atoms with E-state index in [9.17, 15) is 9.18 Å². The first-order valence-corrected chi connectivity index (χ1v) is 5.87. The molecule has 18 heavy (non-hydrogen) atoms. The molecule has 0 bridgehead atoms. The van der Waals surface area contributed by atoms with Gasteiger partial charge in [0.25, 0.3) is 0 Å². The molecule has 0 heterocycles. The maximum atomic E-state index is 13.5. The van der Waals surface area contributed by atoms with Crippen molar-refractivity contribution in [1.29, 1.82) is 0 Å². The third-order valence-corrected chi connectivity index (χ3v) is 2.52. The summed E-state index contributed by atoms with van der Waals surface area (Å²) in [5.74, 6) is -0.746. The molecule has 0 aliphatic carbocycles. The smallest absolute Gasteiger partial charge is 0.327 e. The molecule has 3 nitrogen and oxygen atoms in total. The molecule has 0 amide bonds. The van der Waals surface area contributed by atoms with Crippen LogP contribution in [0.15, 0.2) is 30.9 Å². The molecular formula is C14H18FNO2. The number of esters is 1. The number of ether oxygens (including phenoxy) is 1. The van der Waals surface area contributed by atoms with E-state index in [0.717, 1.165) is 0 Å². The second-order valence-electron chi connectivity index (χ2n) is 3.89. The highest BCUT2D eigenvalue weighted by atomic mass is 19.1. The molecule has 0 aliphatic heterocycles. The number of carbonyl (C=O) groups is 1. The summed E-state index contributed by atoms with van der Waals surface area (Å²) in [4.78, 5) is 11.8. The van der Waals surface area contributed by atoms with Crippen molar-refractivity contribution in [3.63, 3.8) is 0 Å². The van der Waals surface area contributed by atoms with Crippen LogP contribution in [0.1, 0.15) is 24.1 Å². The molecule has 1 N–H and O–H groups in total. The molecule has 0 aromatic heterocycles. The van der Waals surface area contributed by atoms with Gasteiger partial charge in [-0.1, -0.05) is 18.2 Å². The molecule has 1 unspecified atom stereocenters. The van der Waals surface area contributed by atoms with Crippen LogP contribution in [0.25, 0.3) is 0 Å². The Kier molecular flexibility index (Phi) is 5.52. The van der Waals surface area contributed by atoms with Crippen LogP contribution in [0, 0.1) is 12.7 Å². The van der Waals surface area contributed by atoms with E-state index in [1.165, 1.54) is 6.07 Å². The SMILES string of the molecule is C=CCNC(C(=O)OCC)c1ccc(C)c(F)c1. The first-order chi connectivity index (χ1) is 8.60. The number of carbonyl (C=O) groups excluding carboxylic acids is 1. The molecule has 0 spiro atoms. The Bertz CT molecular complexity index is 432. The van der Waals surface area contributed by atoms with Crippen molar-refractivity contribution in [1.82, 2.24) is 5.32 Å². The van der Waals surface area contributed by atoms with Crippen molar-refractivity contribution in [2.75, 3.05) is 13.2 Å². The van der Waals surface area contributed by atoms with Crippen molar-refractivity contribution in [3.8, 4) is 0 Å². The predicted octanol–water partition coefficient (Wildman–Crippen LogP) is 2.51. The Morgan fingerprint density at radius 1 is 1.61 bits per heavy atom. The zero-order valence-corrected chi connectivity index (χ0v) is 10.7. The fraction of sp³-hybridized carbons (Fsp3) is 0.357. The van der Waals surface area contributed by atoms with Gasteiger partial charge in [-0.25, -0.2) is 9.18 Å². The standard InChI is InChI=1S/C14H18FNO2/c1-4-8-16-13(14(17)18-5-2)11-7-6-10(3)12(15)9-11/h4,6-7,9,13,16H,1,5,8H2,2-3H3. The normalized spacial score (nSPS) is 11.9. The molecular weight excluding hydrogens is 233 g/mol. The van der Waals surface area contributed by atoms with E-state index in [0.29, 0.717) is 24.3 Å². The number of nitrogens with one attached hydrogen (secondary N) is 1. The molecule has 4 heteroatoms. The summed E-state index contributed by atoms with van der Waals surface area (Å²) in [6, 6.07) is 4.05. The zero-order chi connectivity index (χ0) is 13.5. The zero-order valence-electron chi connectivity index (χ0n) is 10.7. The van der Waals surface area contributed by atoms with Crippen molar-refractivity contribution < 1.29 is 13.9 Å². The summed E-state index contributed by atoms with van der Waals surface area (Å²) in [5.41, 5.74) is 1.10. The Morgan fingerprint density at radius 2 is 2.33 bits per heavy atom. The molecule has 1 aromatic carbocycles. The second-order valence-corrected chi connectivity index (χ2v) is 3.89. The molecule has 0 fully saturated rings. The number of rotatable bonds is 6. The van der Waals surface area contributed by atoms with Crippen LogP contribution >= 0.6 is 0 Å². The van der Waals surface area contributed by atoms with Crippen molar-refractivity contribution >= 4 is 5.97 Å². The number of hydrogen-bond donors (Lipinski definition) is 1. The van der Waals surface area contributed by atoms with Gasteiger partial charge < -0.3 is 4.74 Å². The van der Waals surface area contributed by atoms with Gasteiger partial charge >= 0.3 is 5.97 Å². The van der Waals surface area contributed by atoms with Gasteiger partial charge in [-0.15, -0.1) is 6.58 Å². The van der Waals surface area contributed by atoms with Gasteiger partial charge in [-0.3, -0.25) is 5.32 Å². The average Bonchev–Trinajstić information content (AvgIpc) is 2.34. The maximum absolute atomic E-state index is 13.5. The van der Waals surface area contributed by atoms with Gasteiger partial charge in [0.15, 0.2) is 0 Å². The molecule has 0 aliphatic rings. The molecule has 1 atom stereocenters. The van der Waals surface area contributed by atoms with Crippen LogP contribution in [0.2, 0.25) is 0 Å². The first kappa shape index (κ1) is 14.4. The van der Waals surface area contributed by atoms with E-state index >= 15 is 0 Å². The van der Waals surface area contributed by atoms with Crippen molar-refractivity contribution in [3.05, 3.63) is 47.8 Å². The number of aryl methyl sites for hydroxylation is 1. The van der Waals surface area contributed by atoms with Gasteiger partial charge in [0.05, 0.1) is 6.61 Å². The summed E-state index contributed by atoms with van der Waals surface area (Å²) >= 11 is 0. The Labute approximate surface area is 107 Å². The highest BCUT2D eigenvalue weighted by molar-refractivity contribution is 5.77. The number of halogens is 1. The van der Waals surface area contributed by atoms with E-state index in [4.69, 9.17) is 4.74 Å². The fourth-order valence-corrected chi connectivity index (χ4v) is 1.55. The van der Waals surface area contributed by atoms with Gasteiger partial charge in [0, 0.05) is 6.54 Å². The number of benzene rings is 1. The molecule has 1 rings (SSSR count). The van der Waals surface area contributed by atoms with Crippen LogP contribution in [0.4, 0.5) is 4.39 Å². The largest absolute Gasteiger partial charge is 0.465 e. The molecule has 0 radical (unpaired) electrons. The number of hydrogen-bond acceptors (Lipinski definition) is 3. The topological polar surface area (TPSA) is 38.3 Å². The summed E-state index contributed by atoms with van der Waals surface area (Å²) in [5, 5.41) is 2.96. The highest BCUT2D eigenvalue weighted by Crippen LogP contribution is 2.18. The van der Waals surface area contributed by atoms with E-state index < -0.39 is 12.0 Å². The van der Waals surface area contributed by atoms with Gasteiger partial charge in [-0.2, -0.15) is 0 Å². The van der Waals surface area contributed by atoms with Crippen LogP contribution in [-0.4, -0.2) is 19.1 Å². The minimum absolute atomic E-state index is 0.291. The molecule has 0 saturated heterocycles. The van der Waals surface area contributed by atoms with Crippen molar-refractivity contribution in [2.45, 2.75) is 19.9 Å². The van der Waals surface area contributed by atoms with E-state index in [-0.39, 0.29) is 5.82 Å². The Balaban J connectivity index is 2.96. The third-order valence-electron chi connectivity index (χ3n) is 2.52. The van der Waals surface area contributed by atoms with E-state index in [1.807, 2.05) is 0 Å². The quantitative estimate of drug-likeness (QED) is 0.623. The molecule has 1 aromatic rings. The predicted molar refractivity (Wildman–Crippen MR) is 68.7 cm³/mol. The van der Waals surface area contributed by atoms with Crippen LogP contribution < -0.4 is 5.32 Å². The van der Waals surface area contributed by atoms with E-state index in [2.05, 4.69) is 11.9 Å². The average molecular weight is 251 g/mol. The Hall–Kier alpha value is -1.68. The lowest BCUT2D eigenvalue weighted by atomic mass is 10.0. The lowest BCUT2D eigenvalue weighted by Gasteiger charge is -2.17. The van der Waals surface area contributed by atoms with Crippen molar-refractivity contribution in [2.24, 2.45) is 0 Å². The lowest BCUT2D eigenvalue weighted by molar-refractivity contribution is -0.145. The summed E-state index contributed by atoms with van der Waals surface area (Å²) in [6.07, 6.45) is 1.64. The highest BCUT2D eigenvalue weighted by Gasteiger charge is 2.21. The minimum Gasteiger partial charge on any atom is -0.465 e. The maximum Gasteiger partial charge on any atom is 0.327 e. The van der Waals surface area contributed by atoms with Crippen LogP contribution in [0.3, 0.4) is 0 Å². The molecule has 0 saturated carbocycles. The summed E-state index contributed by atoms with van der Waals surface area (Å²) in [6.45, 7) is 7.72. The van der Waals surface area contributed by atoms with E-state index in [1.54, 1.807) is 32.1 Å². The third kappa shape index (κ3) is 3.67. The summed E-state index contributed by atoms with van der Waals surface area (Å²) < 4.78 is 18.5. The summed E-state index contributed by atoms with van der Waals surface area (Å²) in [7, 11) is 0. The Morgan fingerprint density at radius 3 is 2.89 bits per heavy atom. The van der Waals surface area contributed by atoms with Crippen LogP contribution in [-0.2, 0) is 9.53 Å². The van der Waals surface area contributed by atoms with Gasteiger partial charge in [0.1, 0.15) is 11.9 Å². The van der Waals surface area contributed by atoms with Gasteiger partial charge in [0.2, 0.25) is 0 Å².